The van der Waals surface area contributed by atoms with Crippen LogP contribution in [0.15, 0.2) is 4.52 Å². The van der Waals surface area contributed by atoms with Crippen molar-refractivity contribution in [2.75, 3.05) is 13.2 Å². The zero-order chi connectivity index (χ0) is 13.1. The van der Waals surface area contributed by atoms with Crippen LogP contribution < -0.4 is 5.73 Å². The van der Waals surface area contributed by atoms with Crippen LogP contribution in [0.1, 0.15) is 62.4 Å². The van der Waals surface area contributed by atoms with Gasteiger partial charge in [0, 0.05) is 6.61 Å². The standard InChI is InChI=1S/C13H21N3O3/c14-10(8-18-9-4-3-5-9)12-15-13(19-16-12)11-6-1-2-7-17-11/h9-11H,1-8,14H2. The topological polar surface area (TPSA) is 83.4 Å². The third kappa shape index (κ3) is 3.13. The Morgan fingerprint density at radius 2 is 2.16 bits per heavy atom. The van der Waals surface area contributed by atoms with Gasteiger partial charge in [-0.25, -0.2) is 0 Å². The molecule has 2 atom stereocenters. The van der Waals surface area contributed by atoms with Crippen molar-refractivity contribution < 1.29 is 14.0 Å². The number of ether oxygens (including phenoxy) is 2. The van der Waals surface area contributed by atoms with E-state index in [4.69, 9.17) is 19.7 Å². The molecule has 2 aliphatic rings. The van der Waals surface area contributed by atoms with Crippen molar-refractivity contribution >= 4 is 0 Å². The third-order valence-electron chi connectivity index (χ3n) is 3.81. The van der Waals surface area contributed by atoms with E-state index in [0.717, 1.165) is 38.7 Å². The van der Waals surface area contributed by atoms with E-state index in [1.807, 2.05) is 0 Å². The van der Waals surface area contributed by atoms with Gasteiger partial charge in [-0.3, -0.25) is 0 Å². The van der Waals surface area contributed by atoms with Gasteiger partial charge in [-0.1, -0.05) is 5.16 Å². The summed E-state index contributed by atoms with van der Waals surface area (Å²) < 4.78 is 16.5. The zero-order valence-corrected chi connectivity index (χ0v) is 11.1. The molecule has 0 bridgehead atoms. The second-order valence-electron chi connectivity index (χ2n) is 5.34. The van der Waals surface area contributed by atoms with Crippen LogP contribution in [0.2, 0.25) is 0 Å². The van der Waals surface area contributed by atoms with E-state index in [-0.39, 0.29) is 12.1 Å². The van der Waals surface area contributed by atoms with Crippen LogP contribution in [0.3, 0.4) is 0 Å². The maximum atomic E-state index is 6.01. The van der Waals surface area contributed by atoms with Gasteiger partial charge >= 0.3 is 0 Å². The Hall–Kier alpha value is -0.980. The van der Waals surface area contributed by atoms with Crippen molar-refractivity contribution in [3.8, 4) is 0 Å². The van der Waals surface area contributed by atoms with Crippen molar-refractivity contribution in [2.24, 2.45) is 5.73 Å². The lowest BCUT2D eigenvalue weighted by molar-refractivity contribution is -0.00549. The van der Waals surface area contributed by atoms with Crippen LogP contribution in [0, 0.1) is 0 Å². The third-order valence-corrected chi connectivity index (χ3v) is 3.81. The molecule has 2 unspecified atom stereocenters. The molecule has 19 heavy (non-hydrogen) atoms. The minimum atomic E-state index is -0.318. The monoisotopic (exact) mass is 267 g/mol. The molecule has 0 aromatic carbocycles. The number of nitrogens with two attached hydrogens (primary N) is 1. The molecule has 106 valence electrons. The Bertz CT molecular complexity index is 400. The van der Waals surface area contributed by atoms with Crippen molar-refractivity contribution in [3.05, 3.63) is 11.7 Å². The number of hydrogen-bond acceptors (Lipinski definition) is 6. The summed E-state index contributed by atoms with van der Waals surface area (Å²) >= 11 is 0. The number of nitrogens with zero attached hydrogens (tertiary/aromatic N) is 2. The first-order chi connectivity index (χ1) is 9.33. The highest BCUT2D eigenvalue weighted by atomic mass is 16.5. The molecule has 2 fully saturated rings. The van der Waals surface area contributed by atoms with Crippen molar-refractivity contribution in [2.45, 2.75) is 56.8 Å². The fourth-order valence-electron chi connectivity index (χ4n) is 2.32. The Kier molecular flexibility index (Phi) is 4.10. The fourth-order valence-corrected chi connectivity index (χ4v) is 2.32. The minimum absolute atomic E-state index is 0.0604. The average Bonchev–Trinajstić information content (AvgIpc) is 2.87. The van der Waals surface area contributed by atoms with E-state index < -0.39 is 0 Å². The summed E-state index contributed by atoms with van der Waals surface area (Å²) in [5, 5.41) is 3.94. The zero-order valence-electron chi connectivity index (χ0n) is 11.1. The van der Waals surface area contributed by atoms with Crippen molar-refractivity contribution in [3.63, 3.8) is 0 Å². The molecule has 0 radical (unpaired) electrons. The number of hydrogen-bond donors (Lipinski definition) is 1. The lowest BCUT2D eigenvalue weighted by Crippen LogP contribution is -2.27. The Balaban J connectivity index is 1.53. The van der Waals surface area contributed by atoms with Crippen molar-refractivity contribution in [1.29, 1.82) is 0 Å². The second-order valence-corrected chi connectivity index (χ2v) is 5.34. The maximum absolute atomic E-state index is 6.01. The number of rotatable bonds is 5. The van der Waals surface area contributed by atoms with Crippen LogP contribution in [0.25, 0.3) is 0 Å². The molecule has 1 aromatic rings. The largest absolute Gasteiger partial charge is 0.376 e. The Morgan fingerprint density at radius 1 is 1.26 bits per heavy atom. The van der Waals surface area contributed by atoms with Crippen molar-refractivity contribution in [1.82, 2.24) is 10.1 Å². The fraction of sp³-hybridized carbons (Fsp3) is 0.846. The molecule has 1 saturated heterocycles. The van der Waals surface area contributed by atoms with Crippen LogP contribution in [-0.4, -0.2) is 29.5 Å². The Labute approximate surface area is 112 Å². The van der Waals surface area contributed by atoms with E-state index in [1.54, 1.807) is 0 Å². The van der Waals surface area contributed by atoms with Crippen LogP contribution in [0.4, 0.5) is 0 Å². The smallest absolute Gasteiger partial charge is 0.255 e. The highest BCUT2D eigenvalue weighted by Gasteiger charge is 2.25. The molecule has 2 heterocycles. The predicted octanol–water partition coefficient (Wildman–Crippen LogP) is 1.88. The summed E-state index contributed by atoms with van der Waals surface area (Å²) in [5.74, 6) is 1.07. The first-order valence-electron chi connectivity index (χ1n) is 7.15. The normalized spacial score (nSPS) is 26.1. The summed E-state index contributed by atoms with van der Waals surface area (Å²) in [4.78, 5) is 4.35. The van der Waals surface area contributed by atoms with Gasteiger partial charge in [0.05, 0.1) is 18.8 Å². The molecular formula is C13H21N3O3. The van der Waals surface area contributed by atoms with E-state index in [1.165, 1.54) is 6.42 Å². The van der Waals surface area contributed by atoms with Crippen LogP contribution in [-0.2, 0) is 9.47 Å². The van der Waals surface area contributed by atoms with E-state index in [2.05, 4.69) is 10.1 Å². The lowest BCUT2D eigenvalue weighted by atomic mass is 9.96. The summed E-state index contributed by atoms with van der Waals surface area (Å²) in [7, 11) is 0. The molecule has 0 spiro atoms. The molecule has 1 saturated carbocycles. The molecule has 1 aliphatic heterocycles. The molecule has 3 rings (SSSR count). The average molecular weight is 267 g/mol. The van der Waals surface area contributed by atoms with E-state index >= 15 is 0 Å². The molecule has 1 aromatic heterocycles. The first kappa shape index (κ1) is 13.0. The minimum Gasteiger partial charge on any atom is -0.376 e. The summed E-state index contributed by atoms with van der Waals surface area (Å²) in [6.07, 6.45) is 7.03. The Morgan fingerprint density at radius 3 is 2.84 bits per heavy atom. The van der Waals surface area contributed by atoms with Gasteiger partial charge in [-0.05, 0) is 38.5 Å². The summed E-state index contributed by atoms with van der Waals surface area (Å²) in [6, 6.07) is -0.318. The molecule has 6 heteroatoms. The molecule has 0 amide bonds. The lowest BCUT2D eigenvalue weighted by Gasteiger charge is -2.26. The summed E-state index contributed by atoms with van der Waals surface area (Å²) in [6.45, 7) is 1.22. The van der Waals surface area contributed by atoms with Gasteiger partial charge in [0.15, 0.2) is 5.82 Å². The maximum Gasteiger partial charge on any atom is 0.255 e. The van der Waals surface area contributed by atoms with Gasteiger partial charge in [-0.15, -0.1) is 0 Å². The van der Waals surface area contributed by atoms with Crippen LogP contribution >= 0.6 is 0 Å². The highest BCUT2D eigenvalue weighted by molar-refractivity contribution is 4.96. The molecule has 6 nitrogen and oxygen atoms in total. The SMILES string of the molecule is NC(COC1CCC1)c1noc(C2CCCCO2)n1. The first-order valence-corrected chi connectivity index (χ1v) is 7.15. The second kappa shape index (κ2) is 5.98. The quantitative estimate of drug-likeness (QED) is 0.877. The molecule has 2 N–H and O–H groups in total. The van der Waals surface area contributed by atoms with Crippen LogP contribution in [0.5, 0.6) is 0 Å². The van der Waals surface area contributed by atoms with Gasteiger partial charge < -0.3 is 19.7 Å². The van der Waals surface area contributed by atoms with E-state index in [0.29, 0.717) is 24.4 Å². The van der Waals surface area contributed by atoms with Gasteiger partial charge in [0.2, 0.25) is 0 Å². The number of aromatic nitrogens is 2. The molecule has 1 aliphatic carbocycles. The molecular weight excluding hydrogens is 246 g/mol. The van der Waals surface area contributed by atoms with Gasteiger partial charge in [0.25, 0.3) is 5.89 Å². The van der Waals surface area contributed by atoms with Gasteiger partial charge in [0.1, 0.15) is 6.10 Å². The summed E-state index contributed by atoms with van der Waals surface area (Å²) in [5.41, 5.74) is 6.01. The van der Waals surface area contributed by atoms with E-state index in [9.17, 15) is 0 Å². The highest BCUT2D eigenvalue weighted by Crippen LogP contribution is 2.27. The van der Waals surface area contributed by atoms with Gasteiger partial charge in [-0.2, -0.15) is 4.98 Å². The predicted molar refractivity (Wildman–Crippen MR) is 67.4 cm³/mol.